The molecule has 0 fully saturated rings. The number of carbonyl (C=O) groups is 1. The molecule has 242 valence electrons. The molecule has 16 heteroatoms. The van der Waals surface area contributed by atoms with Gasteiger partial charge in [0.15, 0.2) is 0 Å². The summed E-state index contributed by atoms with van der Waals surface area (Å²) in [6, 6.07) is 24.4. The van der Waals surface area contributed by atoms with Gasteiger partial charge in [-0.3, -0.25) is 10.2 Å². The van der Waals surface area contributed by atoms with Gasteiger partial charge >= 0.3 is 59.1 Å². The molecule has 0 heterocycles. The van der Waals surface area contributed by atoms with Gasteiger partial charge in [-0.1, -0.05) is 60.7 Å². The van der Waals surface area contributed by atoms with Gasteiger partial charge in [-0.05, 0) is 72.5 Å². The molecule has 6 rings (SSSR count). The van der Waals surface area contributed by atoms with E-state index in [4.69, 9.17) is 5.73 Å². The van der Waals surface area contributed by atoms with Crippen molar-refractivity contribution in [2.75, 3.05) is 11.2 Å². The van der Waals surface area contributed by atoms with Crippen molar-refractivity contribution in [2.24, 2.45) is 15.3 Å². The van der Waals surface area contributed by atoms with E-state index in [0.29, 0.717) is 16.8 Å². The van der Waals surface area contributed by atoms with Crippen LogP contribution in [0.25, 0.3) is 26.8 Å². The number of allylic oxidation sites excluding steroid dienone is 1. The minimum absolute atomic E-state index is 0. The van der Waals surface area contributed by atoms with Gasteiger partial charge in [0.25, 0.3) is 0 Å². The Labute approximate surface area is 332 Å². The second-order valence-electron chi connectivity index (χ2n) is 11.0. The molecule has 1 aliphatic carbocycles. The average molecular weight is 726 g/mol. The zero-order valence-electron chi connectivity index (χ0n) is 27.3. The number of hydrogen-bond acceptors (Lipinski definition) is 12. The van der Waals surface area contributed by atoms with Crippen LogP contribution in [0.2, 0.25) is 0 Å². The number of benzene rings is 5. The van der Waals surface area contributed by atoms with Crippen LogP contribution in [0.5, 0.6) is 0 Å². The molecule has 5 aromatic carbocycles. The van der Waals surface area contributed by atoms with Gasteiger partial charge in [0.2, 0.25) is 5.78 Å². The van der Waals surface area contributed by atoms with Crippen LogP contribution in [0.3, 0.4) is 0 Å². The molecule has 0 bridgehead atoms. The van der Waals surface area contributed by atoms with Gasteiger partial charge < -0.3 is 14.8 Å². The van der Waals surface area contributed by atoms with Crippen LogP contribution in [-0.4, -0.2) is 37.4 Å². The monoisotopic (exact) mass is 725 g/mol. The van der Waals surface area contributed by atoms with Gasteiger partial charge in [-0.2, -0.15) is 10.2 Å². The third-order valence-electron chi connectivity index (χ3n) is 7.82. The summed E-state index contributed by atoms with van der Waals surface area (Å²) in [4.78, 5) is 12.0. The first-order chi connectivity index (χ1) is 22.7. The number of hydrogen-bond donors (Lipinski definition) is 2. The molecular weight excluding hydrogens is 701 g/mol. The van der Waals surface area contributed by atoms with Crippen LogP contribution in [0.4, 0.5) is 22.7 Å². The Balaban J connectivity index is 0.00000281. The van der Waals surface area contributed by atoms with E-state index >= 15 is 0 Å². The smallest absolute Gasteiger partial charge is 0.744 e. The number of anilines is 2. The van der Waals surface area contributed by atoms with Crippen LogP contribution in [0, 0.1) is 13.8 Å². The third-order valence-corrected chi connectivity index (χ3v) is 9.57. The number of hydrazone groups is 1. The van der Waals surface area contributed by atoms with E-state index in [-0.39, 0.29) is 92.7 Å². The average Bonchev–Trinajstić information content (AvgIpc) is 3.04. The molecule has 0 radical (unpaired) electrons. The number of rotatable bonds is 7. The SMILES string of the molecule is Cc1cc(-c2ccc(N/N=C3\C=C(S(=O)(=O)[O-])c4ccccc4C3=O)c(C)c2)ccc1N=Nc1cc(S(=O)(=O)[O-])c2ccccc2c1N.[Na+].[Na+]. The molecule has 0 aromatic heterocycles. The molecule has 0 amide bonds. The number of nitrogens with zero attached hydrogens (tertiary/aromatic N) is 3. The number of nitrogen functional groups attached to an aromatic ring is 1. The Morgan fingerprint density at radius 3 is 1.88 bits per heavy atom. The van der Waals surface area contributed by atoms with Crippen molar-refractivity contribution < 1.29 is 89.9 Å². The van der Waals surface area contributed by atoms with Crippen molar-refractivity contribution in [3.8, 4) is 11.1 Å². The molecule has 12 nitrogen and oxygen atoms in total. The normalized spacial score (nSPS) is 13.8. The van der Waals surface area contributed by atoms with Gasteiger partial charge in [-0.15, -0.1) is 5.11 Å². The van der Waals surface area contributed by atoms with Crippen LogP contribution >= 0.6 is 0 Å². The maximum Gasteiger partial charge on any atom is 1.00 e. The molecule has 0 spiro atoms. The molecule has 5 aromatic rings. The minimum atomic E-state index is -4.87. The topological polar surface area (TPSA) is 207 Å². The number of fused-ring (bicyclic) bond motifs is 2. The molecular formula is C34H25N5Na2O7S2. The number of nitrogens with one attached hydrogen (secondary N) is 1. The fraction of sp³-hybridized carbons (Fsp3) is 0.0588. The van der Waals surface area contributed by atoms with Gasteiger partial charge in [0, 0.05) is 21.9 Å². The van der Waals surface area contributed by atoms with Crippen molar-refractivity contribution >= 4 is 70.2 Å². The summed E-state index contributed by atoms with van der Waals surface area (Å²) in [5.74, 6) is -0.522. The molecule has 3 N–H and O–H groups in total. The van der Waals surface area contributed by atoms with E-state index in [1.807, 2.05) is 38.1 Å². The summed E-state index contributed by atoms with van der Waals surface area (Å²) in [5, 5.41) is 13.2. The van der Waals surface area contributed by atoms with Crippen molar-refractivity contribution in [1.29, 1.82) is 0 Å². The Morgan fingerprint density at radius 2 is 1.26 bits per heavy atom. The molecule has 1 aliphatic rings. The molecule has 0 atom stereocenters. The number of nitrogens with two attached hydrogens (primary N) is 1. The zero-order valence-corrected chi connectivity index (χ0v) is 33.0. The van der Waals surface area contributed by atoms with Gasteiger partial charge in [0.05, 0.1) is 26.9 Å². The minimum Gasteiger partial charge on any atom is -0.744 e. The van der Waals surface area contributed by atoms with Crippen LogP contribution in [-0.2, 0) is 20.2 Å². The van der Waals surface area contributed by atoms with Crippen molar-refractivity contribution in [2.45, 2.75) is 18.7 Å². The summed E-state index contributed by atoms with van der Waals surface area (Å²) in [6.45, 7) is 3.66. The van der Waals surface area contributed by atoms with Crippen LogP contribution in [0.15, 0.2) is 117 Å². The Bertz CT molecular complexity index is 2500. The Kier molecular flexibility index (Phi) is 12.1. The molecule has 0 saturated heterocycles. The van der Waals surface area contributed by atoms with E-state index in [1.54, 1.807) is 42.5 Å². The third kappa shape index (κ3) is 8.00. The van der Waals surface area contributed by atoms with E-state index in [1.165, 1.54) is 18.2 Å². The Hall–Kier alpha value is -3.54. The quantitative estimate of drug-likeness (QED) is 0.0790. The first-order valence-corrected chi connectivity index (χ1v) is 17.1. The first-order valence-electron chi connectivity index (χ1n) is 14.3. The maximum atomic E-state index is 13.0. The van der Waals surface area contributed by atoms with Crippen molar-refractivity contribution in [3.63, 3.8) is 0 Å². The second-order valence-corrected chi connectivity index (χ2v) is 13.7. The predicted molar refractivity (Wildman–Crippen MR) is 181 cm³/mol. The molecule has 0 unspecified atom stereocenters. The van der Waals surface area contributed by atoms with E-state index in [0.717, 1.165) is 34.4 Å². The number of carbonyl (C=O) groups excluding carboxylic acids is 1. The number of ketones is 1. The molecule has 0 aliphatic heterocycles. The fourth-order valence-electron chi connectivity index (χ4n) is 5.38. The standard InChI is InChI=1S/C34H27N5O7S2.2Na/c1-19-15-21(11-13-27(19)36-38-29-17-31(47(41,42)43)23-7-3-5-9-25(23)33(29)35)22-12-14-28(20(2)16-22)37-39-30-18-32(48(44,45)46)24-8-4-6-10-26(24)34(30)40;;/h3-18,37H,35H2,1-2H3,(H,41,42,43)(H,44,45,46);;/q;2*+1/p-2/b38-36?,39-30+;;. The first kappa shape index (κ1) is 39.2. The number of azo groups is 1. The van der Waals surface area contributed by atoms with E-state index in [9.17, 15) is 30.7 Å². The van der Waals surface area contributed by atoms with Gasteiger partial charge in [-0.25, -0.2) is 16.8 Å². The summed E-state index contributed by atoms with van der Waals surface area (Å²) in [5.41, 5.74) is 13.5. The molecule has 50 heavy (non-hydrogen) atoms. The maximum absolute atomic E-state index is 13.0. The second kappa shape index (κ2) is 15.4. The molecule has 0 saturated carbocycles. The van der Waals surface area contributed by atoms with E-state index < -0.39 is 35.8 Å². The summed E-state index contributed by atoms with van der Waals surface area (Å²) >= 11 is 0. The summed E-state index contributed by atoms with van der Waals surface area (Å²) in [7, 11) is -9.67. The Morgan fingerprint density at radius 1 is 0.680 bits per heavy atom. The van der Waals surface area contributed by atoms with Crippen molar-refractivity contribution in [1.82, 2.24) is 0 Å². The summed E-state index contributed by atoms with van der Waals surface area (Å²) in [6.07, 6.45) is 0.977. The summed E-state index contributed by atoms with van der Waals surface area (Å²) < 4.78 is 71.5. The van der Waals surface area contributed by atoms with Gasteiger partial charge in [0.1, 0.15) is 31.6 Å². The zero-order chi connectivity index (χ0) is 34.4. The fourth-order valence-corrected chi connectivity index (χ4v) is 6.78. The van der Waals surface area contributed by atoms with E-state index in [2.05, 4.69) is 20.8 Å². The number of Topliss-reactive ketones (excluding diaryl/α,β-unsaturated/α-hetero) is 1. The van der Waals surface area contributed by atoms with Crippen LogP contribution in [0.1, 0.15) is 27.0 Å². The largest absolute Gasteiger partial charge is 1.00 e. The predicted octanol–water partition coefficient (Wildman–Crippen LogP) is 0.584. The van der Waals surface area contributed by atoms with Crippen molar-refractivity contribution in [3.05, 3.63) is 119 Å². The van der Waals surface area contributed by atoms with Crippen LogP contribution < -0.4 is 70.3 Å². The number of aryl methyl sites for hydroxylation is 2.